The molecule has 0 fully saturated rings. The molecule has 1 N–H and O–H groups in total. The van der Waals surface area contributed by atoms with E-state index in [1.54, 1.807) is 18.1 Å². The second kappa shape index (κ2) is 7.61. The molecular weight excluding hydrogens is 290 g/mol. The van der Waals surface area contributed by atoms with Gasteiger partial charge in [0.2, 0.25) is 0 Å². The van der Waals surface area contributed by atoms with Gasteiger partial charge in [0.05, 0.1) is 6.10 Å². The number of thioether (sulfide) groups is 1. The van der Waals surface area contributed by atoms with Crippen molar-refractivity contribution in [1.82, 2.24) is 14.7 Å². The van der Waals surface area contributed by atoms with Crippen LogP contribution in [-0.2, 0) is 0 Å². The van der Waals surface area contributed by atoms with Crippen LogP contribution in [0.2, 0.25) is 0 Å². The highest BCUT2D eigenvalue weighted by molar-refractivity contribution is 8.00. The second-order valence-corrected chi connectivity index (χ2v) is 6.64. The number of aromatic nitrogens is 2. The minimum Gasteiger partial charge on any atom is -0.491 e. The Morgan fingerprint density at radius 1 is 1.30 bits per heavy atom. The zero-order valence-electron chi connectivity index (χ0n) is 11.9. The van der Waals surface area contributed by atoms with Crippen LogP contribution in [-0.4, -0.2) is 28.3 Å². The molecule has 6 heteroatoms. The predicted molar refractivity (Wildman–Crippen MR) is 84.6 cm³/mol. The van der Waals surface area contributed by atoms with Gasteiger partial charge in [0, 0.05) is 11.8 Å². The normalized spacial score (nSPS) is 12.6. The maximum absolute atomic E-state index is 5.66. The first kappa shape index (κ1) is 15.3. The highest BCUT2D eigenvalue weighted by Gasteiger charge is 2.11. The third kappa shape index (κ3) is 4.47. The molecule has 1 aromatic carbocycles. The molecule has 1 unspecified atom stereocenters. The van der Waals surface area contributed by atoms with Gasteiger partial charge < -0.3 is 10.1 Å². The summed E-state index contributed by atoms with van der Waals surface area (Å²) in [5.41, 5.74) is 1.25. The van der Waals surface area contributed by atoms with Crippen LogP contribution in [0.4, 0.5) is 0 Å². The lowest BCUT2D eigenvalue weighted by molar-refractivity contribution is 0.242. The Morgan fingerprint density at radius 2 is 2.05 bits per heavy atom. The first-order valence-corrected chi connectivity index (χ1v) is 8.28. The molecule has 1 heterocycles. The molecule has 0 amide bonds. The van der Waals surface area contributed by atoms with Crippen LogP contribution < -0.4 is 10.1 Å². The zero-order valence-corrected chi connectivity index (χ0v) is 13.5. The smallest absolute Gasteiger partial charge is 0.169 e. The summed E-state index contributed by atoms with van der Waals surface area (Å²) in [5.74, 6) is 1.84. The summed E-state index contributed by atoms with van der Waals surface area (Å²) < 4.78 is 10.7. The van der Waals surface area contributed by atoms with Crippen molar-refractivity contribution in [3.8, 4) is 5.75 Å². The fraction of sp³-hybridized carbons (Fsp3) is 0.429. The monoisotopic (exact) mass is 309 g/mol. The third-order valence-corrected chi connectivity index (χ3v) is 4.61. The molecule has 2 rings (SSSR count). The lowest BCUT2D eigenvalue weighted by Gasteiger charge is -2.16. The summed E-state index contributed by atoms with van der Waals surface area (Å²) in [5, 5.41) is 3.34. The number of ether oxygens (including phenoxy) is 1. The molecule has 0 aliphatic heterocycles. The third-order valence-electron chi connectivity index (χ3n) is 2.72. The average molecular weight is 309 g/mol. The molecular formula is C14H19N3OS2. The minimum absolute atomic E-state index is 0.203. The van der Waals surface area contributed by atoms with Crippen molar-refractivity contribution >= 4 is 23.3 Å². The lowest BCUT2D eigenvalue weighted by atomic mass is 10.1. The number of nitrogens with zero attached hydrogens (tertiary/aromatic N) is 2. The molecule has 0 aliphatic carbocycles. The Hall–Kier alpha value is -1.11. The molecule has 0 saturated heterocycles. The Labute approximate surface area is 128 Å². The van der Waals surface area contributed by atoms with Crippen LogP contribution in [0.3, 0.4) is 0 Å². The van der Waals surface area contributed by atoms with Gasteiger partial charge in [-0.05, 0) is 50.1 Å². The molecule has 4 nitrogen and oxygen atoms in total. The molecule has 0 saturated carbocycles. The number of hydrogen-bond donors (Lipinski definition) is 1. The SMILES string of the molecule is CNC(CSc1ncns1)c1ccc(OC(C)C)cc1. The van der Waals surface area contributed by atoms with Gasteiger partial charge in [0.25, 0.3) is 0 Å². The standard InChI is InChI=1S/C14H19N3OS2/c1-10(2)18-12-6-4-11(5-7-12)13(15-3)8-19-14-16-9-17-20-14/h4-7,9-10,13,15H,8H2,1-3H3. The molecule has 0 radical (unpaired) electrons. The van der Waals surface area contributed by atoms with Crippen LogP contribution >= 0.6 is 23.3 Å². The molecule has 0 spiro atoms. The summed E-state index contributed by atoms with van der Waals surface area (Å²) in [6, 6.07) is 8.56. The number of nitrogens with one attached hydrogen (secondary N) is 1. The van der Waals surface area contributed by atoms with E-state index in [1.165, 1.54) is 17.1 Å². The van der Waals surface area contributed by atoms with E-state index in [9.17, 15) is 0 Å². The molecule has 2 aromatic rings. The molecule has 1 atom stereocenters. The van der Waals surface area contributed by atoms with Crippen molar-refractivity contribution in [2.45, 2.75) is 30.3 Å². The predicted octanol–water partition coefficient (Wildman–Crippen LogP) is 3.38. The van der Waals surface area contributed by atoms with Gasteiger partial charge in [-0.25, -0.2) is 4.98 Å². The van der Waals surface area contributed by atoms with E-state index in [-0.39, 0.29) is 12.1 Å². The van der Waals surface area contributed by atoms with Crippen LogP contribution in [0.15, 0.2) is 34.9 Å². The van der Waals surface area contributed by atoms with Crippen LogP contribution in [0.5, 0.6) is 5.75 Å². The van der Waals surface area contributed by atoms with Crippen molar-refractivity contribution in [2.75, 3.05) is 12.8 Å². The van der Waals surface area contributed by atoms with E-state index in [2.05, 4.69) is 26.8 Å². The largest absolute Gasteiger partial charge is 0.491 e. The molecule has 108 valence electrons. The van der Waals surface area contributed by atoms with Gasteiger partial charge in [0.1, 0.15) is 12.1 Å². The first-order chi connectivity index (χ1) is 9.69. The summed E-state index contributed by atoms with van der Waals surface area (Å²) in [4.78, 5) is 4.19. The molecule has 0 bridgehead atoms. The van der Waals surface area contributed by atoms with Gasteiger partial charge in [-0.15, -0.1) is 0 Å². The topological polar surface area (TPSA) is 47.0 Å². The fourth-order valence-electron chi connectivity index (χ4n) is 1.78. The van der Waals surface area contributed by atoms with Gasteiger partial charge in [-0.3, -0.25) is 0 Å². The van der Waals surface area contributed by atoms with Crippen molar-refractivity contribution in [3.63, 3.8) is 0 Å². The summed E-state index contributed by atoms with van der Waals surface area (Å²) in [7, 11) is 1.98. The molecule has 1 aromatic heterocycles. The van der Waals surface area contributed by atoms with Gasteiger partial charge in [-0.1, -0.05) is 23.9 Å². The lowest BCUT2D eigenvalue weighted by Crippen LogP contribution is -2.18. The van der Waals surface area contributed by atoms with Gasteiger partial charge in [0.15, 0.2) is 4.34 Å². The van der Waals surface area contributed by atoms with E-state index < -0.39 is 0 Å². The van der Waals surface area contributed by atoms with Crippen molar-refractivity contribution < 1.29 is 4.74 Å². The second-order valence-electron chi connectivity index (χ2n) is 4.60. The maximum Gasteiger partial charge on any atom is 0.169 e. The van der Waals surface area contributed by atoms with E-state index in [0.29, 0.717) is 0 Å². The fourth-order valence-corrected chi connectivity index (χ4v) is 3.39. The van der Waals surface area contributed by atoms with Crippen LogP contribution in [0.1, 0.15) is 25.5 Å². The van der Waals surface area contributed by atoms with Crippen molar-refractivity contribution in [1.29, 1.82) is 0 Å². The van der Waals surface area contributed by atoms with Gasteiger partial charge in [-0.2, -0.15) is 4.37 Å². The minimum atomic E-state index is 0.203. The van der Waals surface area contributed by atoms with E-state index in [0.717, 1.165) is 15.8 Å². The highest BCUT2D eigenvalue weighted by atomic mass is 32.2. The van der Waals surface area contributed by atoms with Crippen LogP contribution in [0, 0.1) is 0 Å². The average Bonchev–Trinajstić information content (AvgIpc) is 2.94. The molecule has 20 heavy (non-hydrogen) atoms. The van der Waals surface area contributed by atoms with Gasteiger partial charge >= 0.3 is 0 Å². The Balaban J connectivity index is 1.96. The number of rotatable bonds is 7. The van der Waals surface area contributed by atoms with E-state index >= 15 is 0 Å². The Kier molecular flexibility index (Phi) is 5.82. The van der Waals surface area contributed by atoms with E-state index in [4.69, 9.17) is 4.74 Å². The maximum atomic E-state index is 5.66. The van der Waals surface area contributed by atoms with E-state index in [1.807, 2.05) is 33.0 Å². The molecule has 0 aliphatic rings. The summed E-state index contributed by atoms with van der Waals surface area (Å²) in [6.45, 7) is 4.06. The summed E-state index contributed by atoms with van der Waals surface area (Å²) >= 11 is 3.15. The Morgan fingerprint density at radius 3 is 2.60 bits per heavy atom. The first-order valence-electron chi connectivity index (χ1n) is 6.52. The van der Waals surface area contributed by atoms with Crippen LogP contribution in [0.25, 0.3) is 0 Å². The van der Waals surface area contributed by atoms with Crippen molar-refractivity contribution in [2.24, 2.45) is 0 Å². The quantitative estimate of drug-likeness (QED) is 0.795. The summed E-state index contributed by atoms with van der Waals surface area (Å²) in [6.07, 6.45) is 1.80. The number of hydrogen-bond acceptors (Lipinski definition) is 6. The highest BCUT2D eigenvalue weighted by Crippen LogP contribution is 2.26. The Bertz CT molecular complexity index is 500. The number of benzene rings is 1. The zero-order chi connectivity index (χ0) is 14.4. The van der Waals surface area contributed by atoms with Crippen molar-refractivity contribution in [3.05, 3.63) is 36.2 Å².